The molecule has 2 aromatic heterocycles. The van der Waals surface area contributed by atoms with Gasteiger partial charge in [-0.05, 0) is 49.7 Å². The highest BCUT2D eigenvalue weighted by molar-refractivity contribution is 7.07. The lowest BCUT2D eigenvalue weighted by molar-refractivity contribution is -0.139. The summed E-state index contributed by atoms with van der Waals surface area (Å²) >= 11 is 7.22. The Morgan fingerprint density at radius 2 is 2.00 bits per heavy atom. The molecule has 0 aliphatic carbocycles. The maximum atomic E-state index is 13.6. The van der Waals surface area contributed by atoms with Gasteiger partial charge in [0.15, 0.2) is 4.80 Å². The number of allylic oxidation sites excluding steroid dienone is 1. The first-order chi connectivity index (χ1) is 18.4. The molecule has 1 atom stereocenters. The maximum absolute atomic E-state index is 13.6. The molecular formula is C28H22ClFN2O5S. The van der Waals surface area contributed by atoms with Gasteiger partial charge in [-0.2, -0.15) is 0 Å². The van der Waals surface area contributed by atoms with Crippen molar-refractivity contribution in [3.8, 4) is 5.75 Å². The number of aromatic nitrogens is 1. The predicted octanol–water partition coefficient (Wildman–Crippen LogP) is 4.76. The molecule has 1 unspecified atom stereocenters. The number of ether oxygens (including phenoxy) is 2. The van der Waals surface area contributed by atoms with E-state index in [-0.39, 0.29) is 23.8 Å². The number of thiazole rings is 1. The van der Waals surface area contributed by atoms with Crippen molar-refractivity contribution in [2.24, 2.45) is 4.99 Å². The smallest absolute Gasteiger partial charge is 0.338 e. The number of carbonyl (C=O) groups is 1. The Morgan fingerprint density at radius 1 is 1.21 bits per heavy atom. The van der Waals surface area contributed by atoms with Crippen molar-refractivity contribution in [3.63, 3.8) is 0 Å². The Hall–Kier alpha value is -3.95. The van der Waals surface area contributed by atoms with Crippen LogP contribution in [-0.2, 0) is 16.1 Å². The molecule has 3 heterocycles. The van der Waals surface area contributed by atoms with E-state index in [0.717, 1.165) is 5.56 Å². The second-order valence-corrected chi connectivity index (χ2v) is 9.80. The standard InChI is InChI=1S/C28H22ClFN2O5S/c1-3-35-27(34)24-16(2)31-28-32(25(24)17-7-5-4-6-8-17)26(33)23(38-28)14-19-10-11-20(37-19)15-36-22-12-9-18(30)13-21(22)29/h4-14,25H,3,15H2,1-2H3/b23-14+. The first-order valence-corrected chi connectivity index (χ1v) is 13.0. The van der Waals surface area contributed by atoms with E-state index in [1.54, 1.807) is 32.1 Å². The van der Waals surface area contributed by atoms with E-state index >= 15 is 0 Å². The summed E-state index contributed by atoms with van der Waals surface area (Å²) in [4.78, 5) is 31.6. The minimum absolute atomic E-state index is 0.0660. The fourth-order valence-electron chi connectivity index (χ4n) is 4.16. The van der Waals surface area contributed by atoms with Crippen molar-refractivity contribution >= 4 is 35.0 Å². The number of halogens is 2. The van der Waals surface area contributed by atoms with Gasteiger partial charge in [-0.1, -0.05) is 53.3 Å². The molecular weight excluding hydrogens is 531 g/mol. The normalized spacial score (nSPS) is 15.3. The highest BCUT2D eigenvalue weighted by Crippen LogP contribution is 2.30. The first-order valence-electron chi connectivity index (χ1n) is 11.8. The van der Waals surface area contributed by atoms with E-state index < -0.39 is 17.8 Å². The SMILES string of the molecule is CCOC(=O)C1=C(C)N=c2s/c(=C/c3ccc(COc4ccc(F)cc4Cl)o3)c(=O)n2C1c1ccccc1. The van der Waals surface area contributed by atoms with E-state index in [1.807, 2.05) is 30.3 Å². The summed E-state index contributed by atoms with van der Waals surface area (Å²) in [6, 6.07) is 15.9. The molecule has 0 saturated carbocycles. The molecule has 1 aliphatic rings. The lowest BCUT2D eigenvalue weighted by atomic mass is 9.96. The van der Waals surface area contributed by atoms with Gasteiger partial charge in [0, 0.05) is 6.08 Å². The largest absolute Gasteiger partial charge is 0.484 e. The highest BCUT2D eigenvalue weighted by atomic mass is 35.5. The Bertz CT molecular complexity index is 1720. The van der Waals surface area contributed by atoms with Gasteiger partial charge in [-0.25, -0.2) is 14.2 Å². The van der Waals surface area contributed by atoms with E-state index in [1.165, 1.54) is 34.1 Å². The number of fused-ring (bicyclic) bond motifs is 1. The average molecular weight is 553 g/mol. The Kier molecular flexibility index (Phi) is 7.31. The van der Waals surface area contributed by atoms with Crippen molar-refractivity contribution in [2.45, 2.75) is 26.5 Å². The van der Waals surface area contributed by atoms with E-state index in [0.29, 0.717) is 37.9 Å². The van der Waals surface area contributed by atoms with Gasteiger partial charge in [0.25, 0.3) is 5.56 Å². The molecule has 0 amide bonds. The summed E-state index contributed by atoms with van der Waals surface area (Å²) in [6.45, 7) is 3.75. The van der Waals surface area contributed by atoms with Crippen LogP contribution in [0.1, 0.15) is 37.0 Å². The number of carbonyl (C=O) groups excluding carboxylic acids is 1. The summed E-state index contributed by atoms with van der Waals surface area (Å²) in [6.07, 6.45) is 1.63. The van der Waals surface area contributed by atoms with Crippen molar-refractivity contribution in [1.29, 1.82) is 0 Å². The fraction of sp³-hybridized carbons (Fsp3) is 0.179. The van der Waals surface area contributed by atoms with Gasteiger partial charge < -0.3 is 13.9 Å². The molecule has 0 radical (unpaired) electrons. The Labute approximate surface area is 225 Å². The van der Waals surface area contributed by atoms with Crippen LogP contribution >= 0.6 is 22.9 Å². The van der Waals surface area contributed by atoms with Crippen LogP contribution in [0.15, 0.2) is 86.1 Å². The summed E-state index contributed by atoms with van der Waals surface area (Å²) < 4.78 is 31.9. The summed E-state index contributed by atoms with van der Waals surface area (Å²) in [5.41, 5.74) is 1.30. The molecule has 0 bridgehead atoms. The van der Waals surface area contributed by atoms with Crippen LogP contribution in [0.5, 0.6) is 5.75 Å². The van der Waals surface area contributed by atoms with E-state index in [2.05, 4.69) is 4.99 Å². The van der Waals surface area contributed by atoms with Crippen molar-refractivity contribution in [1.82, 2.24) is 4.57 Å². The minimum Gasteiger partial charge on any atom is -0.484 e. The molecule has 10 heteroatoms. The Morgan fingerprint density at radius 3 is 2.74 bits per heavy atom. The second-order valence-electron chi connectivity index (χ2n) is 8.38. The third-order valence-corrected chi connectivity index (χ3v) is 7.13. The molecule has 2 aromatic carbocycles. The lowest BCUT2D eigenvalue weighted by Gasteiger charge is -2.24. The number of hydrogen-bond acceptors (Lipinski definition) is 7. The van der Waals surface area contributed by atoms with Gasteiger partial charge in [0.05, 0.1) is 33.5 Å². The molecule has 0 fully saturated rings. The predicted molar refractivity (Wildman–Crippen MR) is 141 cm³/mol. The lowest BCUT2D eigenvalue weighted by Crippen LogP contribution is -2.39. The zero-order valence-corrected chi connectivity index (χ0v) is 22.0. The summed E-state index contributed by atoms with van der Waals surface area (Å²) in [7, 11) is 0. The van der Waals surface area contributed by atoms with Crippen LogP contribution in [0.2, 0.25) is 5.02 Å². The molecule has 38 heavy (non-hydrogen) atoms. The maximum Gasteiger partial charge on any atom is 0.338 e. The zero-order chi connectivity index (χ0) is 26.8. The highest BCUT2D eigenvalue weighted by Gasteiger charge is 2.33. The van der Waals surface area contributed by atoms with Gasteiger partial charge in [0.1, 0.15) is 29.7 Å². The molecule has 0 saturated heterocycles. The van der Waals surface area contributed by atoms with E-state index in [4.69, 9.17) is 25.5 Å². The molecule has 5 rings (SSSR count). The fourth-order valence-corrected chi connectivity index (χ4v) is 5.41. The molecule has 0 spiro atoms. The average Bonchev–Trinajstić information content (AvgIpc) is 3.47. The summed E-state index contributed by atoms with van der Waals surface area (Å²) in [5, 5.41) is 0.156. The molecule has 1 aliphatic heterocycles. The quantitative estimate of drug-likeness (QED) is 0.309. The van der Waals surface area contributed by atoms with Crippen LogP contribution in [0.25, 0.3) is 6.08 Å². The van der Waals surface area contributed by atoms with Crippen LogP contribution in [0, 0.1) is 5.82 Å². The van der Waals surface area contributed by atoms with Crippen molar-refractivity contribution < 1.29 is 23.1 Å². The summed E-state index contributed by atoms with van der Waals surface area (Å²) in [5.74, 6) is 0.300. The van der Waals surface area contributed by atoms with Gasteiger partial charge in [-0.3, -0.25) is 9.36 Å². The van der Waals surface area contributed by atoms with E-state index in [9.17, 15) is 14.0 Å². The molecule has 194 valence electrons. The van der Waals surface area contributed by atoms with Crippen LogP contribution < -0.4 is 19.6 Å². The monoisotopic (exact) mass is 552 g/mol. The number of rotatable bonds is 7. The number of esters is 1. The zero-order valence-electron chi connectivity index (χ0n) is 20.4. The number of furan rings is 1. The van der Waals surface area contributed by atoms with Crippen molar-refractivity contribution in [2.75, 3.05) is 6.61 Å². The number of hydrogen-bond donors (Lipinski definition) is 0. The van der Waals surface area contributed by atoms with Gasteiger partial charge >= 0.3 is 5.97 Å². The number of nitrogens with zero attached hydrogens (tertiary/aromatic N) is 2. The second kappa shape index (κ2) is 10.8. The molecule has 0 N–H and O–H groups in total. The molecule has 7 nitrogen and oxygen atoms in total. The number of benzene rings is 2. The Balaban J connectivity index is 1.49. The third-order valence-electron chi connectivity index (χ3n) is 5.85. The van der Waals surface area contributed by atoms with Crippen molar-refractivity contribution in [3.05, 3.63) is 120 Å². The first kappa shape index (κ1) is 25.7. The van der Waals surface area contributed by atoms with Crippen LogP contribution in [-0.4, -0.2) is 17.1 Å². The molecule has 4 aromatic rings. The van der Waals surface area contributed by atoms with Gasteiger partial charge in [0.2, 0.25) is 0 Å². The van der Waals surface area contributed by atoms with Crippen LogP contribution in [0.4, 0.5) is 4.39 Å². The van der Waals surface area contributed by atoms with Gasteiger partial charge in [-0.15, -0.1) is 0 Å². The van der Waals surface area contributed by atoms with Crippen LogP contribution in [0.3, 0.4) is 0 Å². The minimum atomic E-state index is -0.672. The third kappa shape index (κ3) is 5.07. The topological polar surface area (TPSA) is 83.0 Å².